The van der Waals surface area contributed by atoms with E-state index in [1.807, 2.05) is 12.2 Å². The van der Waals surface area contributed by atoms with Gasteiger partial charge >= 0.3 is 5.69 Å². The van der Waals surface area contributed by atoms with Gasteiger partial charge in [0.2, 0.25) is 0 Å². The van der Waals surface area contributed by atoms with E-state index in [-0.39, 0.29) is 28.8 Å². The zero-order chi connectivity index (χ0) is 24.2. The van der Waals surface area contributed by atoms with Crippen LogP contribution in [0.5, 0.6) is 5.75 Å². The van der Waals surface area contributed by atoms with Crippen molar-refractivity contribution in [1.29, 1.82) is 0 Å². The van der Waals surface area contributed by atoms with Gasteiger partial charge in [-0.25, -0.2) is 0 Å². The van der Waals surface area contributed by atoms with Gasteiger partial charge in [-0.15, -0.1) is 12.4 Å². The Hall–Kier alpha value is -3.41. The number of benzene rings is 3. The van der Waals surface area contributed by atoms with Gasteiger partial charge in [0.05, 0.1) is 17.6 Å². The third-order valence-electron chi connectivity index (χ3n) is 7.14. The molecule has 5 nitrogen and oxygen atoms in total. The molecule has 0 N–H and O–H groups in total. The van der Waals surface area contributed by atoms with Crippen molar-refractivity contribution in [1.82, 2.24) is 4.90 Å². The highest BCUT2D eigenvalue weighted by atomic mass is 35.5. The normalized spacial score (nSPS) is 15.6. The van der Waals surface area contributed by atoms with Crippen molar-refractivity contribution < 1.29 is 9.66 Å². The molecule has 1 fully saturated rings. The molecule has 0 saturated carbocycles. The first kappa shape index (κ1) is 25.7. The lowest BCUT2D eigenvalue weighted by Gasteiger charge is -2.29. The molecule has 1 saturated heterocycles. The largest absolute Gasteiger partial charge is 0.490 e. The molecule has 6 heteroatoms. The van der Waals surface area contributed by atoms with Gasteiger partial charge in [-0.05, 0) is 65.6 Å². The van der Waals surface area contributed by atoms with Crippen LogP contribution in [0.3, 0.4) is 0 Å². The number of hydrogen-bond donors (Lipinski definition) is 0. The smallest absolute Gasteiger partial charge is 0.318 e. The van der Waals surface area contributed by atoms with E-state index in [9.17, 15) is 10.1 Å². The predicted octanol–water partition coefficient (Wildman–Crippen LogP) is 6.73. The number of likely N-dealkylation sites (tertiary alicyclic amines) is 1. The second-order valence-electron chi connectivity index (χ2n) is 9.15. The van der Waals surface area contributed by atoms with Crippen LogP contribution in [0.25, 0.3) is 11.6 Å². The van der Waals surface area contributed by atoms with E-state index in [0.717, 1.165) is 45.3 Å². The first-order valence-corrected chi connectivity index (χ1v) is 12.2. The fourth-order valence-corrected chi connectivity index (χ4v) is 5.38. The average molecular weight is 503 g/mol. The number of nitro groups is 1. The van der Waals surface area contributed by atoms with Crippen LogP contribution in [0.15, 0.2) is 78.4 Å². The Labute approximate surface area is 218 Å². The zero-order valence-electron chi connectivity index (χ0n) is 20.5. The number of hydrogen-bond acceptors (Lipinski definition) is 4. The molecule has 1 aliphatic carbocycles. The quantitative estimate of drug-likeness (QED) is 0.286. The molecule has 36 heavy (non-hydrogen) atoms. The molecule has 186 valence electrons. The minimum absolute atomic E-state index is 0. The van der Waals surface area contributed by atoms with Gasteiger partial charge < -0.3 is 4.74 Å². The maximum Gasteiger partial charge on any atom is 0.318 e. The molecule has 2 aliphatic rings. The second-order valence-corrected chi connectivity index (χ2v) is 9.15. The topological polar surface area (TPSA) is 55.6 Å². The second kappa shape index (κ2) is 11.5. The lowest BCUT2D eigenvalue weighted by molar-refractivity contribution is -0.386. The van der Waals surface area contributed by atoms with Gasteiger partial charge in [0, 0.05) is 19.6 Å². The molecule has 3 aromatic rings. The van der Waals surface area contributed by atoms with Gasteiger partial charge in [0.15, 0.2) is 5.75 Å². The van der Waals surface area contributed by atoms with Crippen LogP contribution in [0.1, 0.15) is 40.7 Å². The van der Waals surface area contributed by atoms with Gasteiger partial charge in [-0.3, -0.25) is 15.0 Å². The van der Waals surface area contributed by atoms with Crippen LogP contribution in [-0.4, -0.2) is 36.6 Å². The van der Waals surface area contributed by atoms with Gasteiger partial charge in [0.25, 0.3) is 0 Å². The first-order chi connectivity index (χ1) is 17.2. The van der Waals surface area contributed by atoms with Crippen LogP contribution in [0, 0.1) is 10.1 Å². The fourth-order valence-electron chi connectivity index (χ4n) is 5.38. The number of halogens is 1. The Bertz CT molecular complexity index is 1260. The highest BCUT2D eigenvalue weighted by Gasteiger charge is 2.23. The molecule has 0 spiro atoms. The van der Waals surface area contributed by atoms with E-state index in [0.29, 0.717) is 5.56 Å². The molecule has 5 rings (SSSR count). The summed E-state index contributed by atoms with van der Waals surface area (Å²) in [5, 5.41) is 11.5. The molecule has 0 amide bonds. The minimum atomic E-state index is -0.375. The third-order valence-corrected chi connectivity index (χ3v) is 7.14. The standard InChI is InChI=1S/C30H30N2O3.ClH/c1-35-28-14-6-10-25(30(28)32(33)34)11-7-19-31-20-17-24(18-21-31)29-26-12-4-2-8-22(26)15-16-23-9-3-5-13-27(23)29;/h2-14H,15-21H2,1H3;1H/b11-7+;. The first-order valence-electron chi connectivity index (χ1n) is 12.2. The van der Waals surface area contributed by atoms with Crippen LogP contribution in [-0.2, 0) is 12.8 Å². The zero-order valence-corrected chi connectivity index (χ0v) is 21.3. The Morgan fingerprint density at radius 2 is 1.50 bits per heavy atom. The predicted molar refractivity (Wildman–Crippen MR) is 148 cm³/mol. The maximum absolute atomic E-state index is 11.5. The number of para-hydroxylation sites is 1. The molecule has 0 aromatic heterocycles. The Balaban J connectivity index is 0.00000304. The molecule has 1 aliphatic heterocycles. The molecular weight excluding hydrogens is 472 g/mol. The number of piperidine rings is 1. The van der Waals surface area contributed by atoms with Crippen LogP contribution < -0.4 is 4.74 Å². The van der Waals surface area contributed by atoms with Crippen molar-refractivity contribution in [3.05, 3.63) is 116 Å². The van der Waals surface area contributed by atoms with Crippen molar-refractivity contribution in [3.63, 3.8) is 0 Å². The van der Waals surface area contributed by atoms with E-state index < -0.39 is 0 Å². The van der Waals surface area contributed by atoms with Crippen molar-refractivity contribution in [2.45, 2.75) is 25.7 Å². The van der Waals surface area contributed by atoms with Crippen LogP contribution >= 0.6 is 12.4 Å². The molecule has 0 atom stereocenters. The van der Waals surface area contributed by atoms with E-state index >= 15 is 0 Å². The summed E-state index contributed by atoms with van der Waals surface area (Å²) in [6.07, 6.45) is 8.09. The van der Waals surface area contributed by atoms with Crippen LogP contribution in [0.4, 0.5) is 5.69 Å². The van der Waals surface area contributed by atoms with Gasteiger partial charge in [0.1, 0.15) is 0 Å². The minimum Gasteiger partial charge on any atom is -0.490 e. The highest BCUT2D eigenvalue weighted by Crippen LogP contribution is 2.38. The monoisotopic (exact) mass is 502 g/mol. The Morgan fingerprint density at radius 3 is 2.08 bits per heavy atom. The maximum atomic E-state index is 11.5. The number of nitrogens with zero attached hydrogens (tertiary/aromatic N) is 2. The summed E-state index contributed by atoms with van der Waals surface area (Å²) in [4.78, 5) is 13.6. The third kappa shape index (κ3) is 5.23. The Kier molecular flexibility index (Phi) is 8.24. The lowest BCUT2D eigenvalue weighted by atomic mass is 9.86. The molecule has 0 bridgehead atoms. The lowest BCUT2D eigenvalue weighted by Crippen LogP contribution is -2.31. The number of aryl methyl sites for hydroxylation is 2. The van der Waals surface area contributed by atoms with E-state index in [1.54, 1.807) is 18.2 Å². The van der Waals surface area contributed by atoms with Crippen LogP contribution in [0.2, 0.25) is 0 Å². The van der Waals surface area contributed by atoms with Crippen molar-refractivity contribution in [3.8, 4) is 5.75 Å². The summed E-state index contributed by atoms with van der Waals surface area (Å²) in [6, 6.07) is 22.9. The summed E-state index contributed by atoms with van der Waals surface area (Å²) in [6.45, 7) is 2.73. The highest BCUT2D eigenvalue weighted by molar-refractivity contribution is 5.86. The Morgan fingerprint density at radius 1 is 0.889 bits per heavy atom. The van der Waals surface area contributed by atoms with Crippen molar-refractivity contribution in [2.75, 3.05) is 26.7 Å². The summed E-state index contributed by atoms with van der Waals surface area (Å²) >= 11 is 0. The summed E-state index contributed by atoms with van der Waals surface area (Å²) in [5.41, 5.74) is 9.24. The van der Waals surface area contributed by atoms with E-state index in [1.165, 1.54) is 40.5 Å². The number of fused-ring (bicyclic) bond motifs is 2. The number of rotatable bonds is 5. The summed E-state index contributed by atoms with van der Waals surface area (Å²) in [5.74, 6) is 0.287. The molecule has 0 unspecified atom stereocenters. The van der Waals surface area contributed by atoms with Crippen molar-refractivity contribution >= 4 is 29.7 Å². The fraction of sp³-hybridized carbons (Fsp3) is 0.267. The summed E-state index contributed by atoms with van der Waals surface area (Å²) < 4.78 is 5.18. The van der Waals surface area contributed by atoms with E-state index in [4.69, 9.17) is 4.74 Å². The average Bonchev–Trinajstić information content (AvgIpc) is 3.06. The molecule has 0 radical (unpaired) electrons. The number of nitro benzene ring substituents is 1. The van der Waals surface area contributed by atoms with Crippen molar-refractivity contribution in [2.24, 2.45) is 0 Å². The van der Waals surface area contributed by atoms with E-state index in [2.05, 4.69) is 53.4 Å². The SMILES string of the molecule is COc1cccc(/C=C/CN2CCC(=C3c4ccccc4CCc4ccccc43)CC2)c1[N+](=O)[O-].Cl. The number of methoxy groups -OCH3 is 1. The summed E-state index contributed by atoms with van der Waals surface area (Å²) in [7, 11) is 1.46. The molecule has 1 heterocycles. The molecule has 3 aromatic carbocycles. The van der Waals surface area contributed by atoms with Gasteiger partial charge in [-0.2, -0.15) is 0 Å². The molecular formula is C30H31ClN2O3. The number of ether oxygens (including phenoxy) is 1. The van der Waals surface area contributed by atoms with Gasteiger partial charge in [-0.1, -0.05) is 72.3 Å².